The first kappa shape index (κ1) is 17.7. The predicted octanol–water partition coefficient (Wildman–Crippen LogP) is 3.65. The number of halogens is 1. The first-order valence-corrected chi connectivity index (χ1v) is 7.66. The van der Waals surface area contributed by atoms with Gasteiger partial charge in [0.15, 0.2) is 6.61 Å². The minimum atomic E-state index is -0.414. The van der Waals surface area contributed by atoms with Crippen molar-refractivity contribution in [2.45, 2.75) is 26.2 Å². The predicted molar refractivity (Wildman–Crippen MR) is 92.8 cm³/mol. The molecule has 0 heterocycles. The normalized spacial score (nSPS) is 11.5. The molecule has 24 heavy (non-hydrogen) atoms. The maximum atomic E-state index is 13.4. The standard InChI is InChI=1S/C19H21FN2O2/c1-19(2,3)15-8-10-16(11-9-15)24-13-18(23)22-21-12-14-6-4-5-7-17(14)20/h4-12H,13H2,1-3H3,(H,22,23)/b21-12-. The molecule has 1 N–H and O–H groups in total. The van der Waals surface area contributed by atoms with Gasteiger partial charge in [0.1, 0.15) is 11.6 Å². The number of hydrazone groups is 1. The molecule has 1 amide bonds. The van der Waals surface area contributed by atoms with Crippen LogP contribution in [0.4, 0.5) is 4.39 Å². The zero-order valence-corrected chi connectivity index (χ0v) is 14.0. The summed E-state index contributed by atoms with van der Waals surface area (Å²) in [6.45, 7) is 6.22. The molecule has 0 saturated carbocycles. The average Bonchev–Trinajstić information content (AvgIpc) is 2.54. The molecule has 0 atom stereocenters. The number of nitrogens with one attached hydrogen (secondary N) is 1. The number of carbonyl (C=O) groups excluding carboxylic acids is 1. The highest BCUT2D eigenvalue weighted by Crippen LogP contribution is 2.24. The van der Waals surface area contributed by atoms with Crippen molar-refractivity contribution >= 4 is 12.1 Å². The molecule has 0 aliphatic rings. The van der Waals surface area contributed by atoms with E-state index in [1.54, 1.807) is 18.2 Å². The number of nitrogens with zero attached hydrogens (tertiary/aromatic N) is 1. The molecule has 0 radical (unpaired) electrons. The van der Waals surface area contributed by atoms with Gasteiger partial charge in [-0.1, -0.05) is 51.1 Å². The molecule has 0 aliphatic carbocycles. The molecule has 0 aromatic heterocycles. The summed E-state index contributed by atoms with van der Waals surface area (Å²) in [7, 11) is 0. The summed E-state index contributed by atoms with van der Waals surface area (Å²) in [5.41, 5.74) is 3.86. The van der Waals surface area contributed by atoms with Crippen molar-refractivity contribution in [1.82, 2.24) is 5.43 Å². The monoisotopic (exact) mass is 328 g/mol. The van der Waals surface area contributed by atoms with Crippen LogP contribution in [0.1, 0.15) is 31.9 Å². The van der Waals surface area contributed by atoms with E-state index in [1.165, 1.54) is 17.8 Å². The van der Waals surface area contributed by atoms with Gasteiger partial charge >= 0.3 is 0 Å². The molecule has 126 valence electrons. The fourth-order valence-electron chi connectivity index (χ4n) is 1.99. The number of carbonyl (C=O) groups is 1. The van der Waals surface area contributed by atoms with E-state index in [0.29, 0.717) is 11.3 Å². The Labute approximate surface area is 141 Å². The van der Waals surface area contributed by atoms with E-state index in [4.69, 9.17) is 4.74 Å². The van der Waals surface area contributed by atoms with Gasteiger partial charge in [0.25, 0.3) is 5.91 Å². The lowest BCUT2D eigenvalue weighted by atomic mass is 9.87. The van der Waals surface area contributed by atoms with Gasteiger partial charge in [-0.3, -0.25) is 4.79 Å². The van der Waals surface area contributed by atoms with Crippen molar-refractivity contribution in [2.24, 2.45) is 5.10 Å². The van der Waals surface area contributed by atoms with E-state index in [1.807, 2.05) is 24.3 Å². The van der Waals surface area contributed by atoms with E-state index in [2.05, 4.69) is 31.3 Å². The third-order valence-electron chi connectivity index (χ3n) is 3.39. The molecule has 0 spiro atoms. The van der Waals surface area contributed by atoms with Crippen LogP contribution in [-0.2, 0) is 10.2 Å². The first-order chi connectivity index (χ1) is 11.4. The zero-order chi connectivity index (χ0) is 17.6. The maximum absolute atomic E-state index is 13.4. The van der Waals surface area contributed by atoms with Crippen LogP contribution in [0.5, 0.6) is 5.75 Å². The summed E-state index contributed by atoms with van der Waals surface area (Å²) < 4.78 is 18.8. The Morgan fingerprint density at radius 1 is 1.17 bits per heavy atom. The highest BCUT2D eigenvalue weighted by Gasteiger charge is 2.13. The van der Waals surface area contributed by atoms with E-state index in [-0.39, 0.29) is 12.0 Å². The van der Waals surface area contributed by atoms with E-state index >= 15 is 0 Å². The Hall–Kier alpha value is -2.69. The van der Waals surface area contributed by atoms with Gasteiger partial charge < -0.3 is 4.74 Å². The van der Waals surface area contributed by atoms with Gasteiger partial charge in [0.05, 0.1) is 6.21 Å². The molecule has 4 nitrogen and oxygen atoms in total. The molecule has 2 aromatic carbocycles. The summed E-state index contributed by atoms with van der Waals surface area (Å²) in [4.78, 5) is 11.7. The van der Waals surface area contributed by atoms with Crippen LogP contribution in [0.2, 0.25) is 0 Å². The van der Waals surface area contributed by atoms with Crippen molar-refractivity contribution in [3.63, 3.8) is 0 Å². The van der Waals surface area contributed by atoms with Crippen LogP contribution in [-0.4, -0.2) is 18.7 Å². The van der Waals surface area contributed by atoms with E-state index in [9.17, 15) is 9.18 Å². The van der Waals surface area contributed by atoms with Crippen molar-refractivity contribution < 1.29 is 13.9 Å². The van der Waals surface area contributed by atoms with Crippen molar-refractivity contribution in [1.29, 1.82) is 0 Å². The Balaban J connectivity index is 1.82. The number of benzene rings is 2. The van der Waals surface area contributed by atoms with Gasteiger partial charge in [0, 0.05) is 5.56 Å². The van der Waals surface area contributed by atoms with E-state index < -0.39 is 11.7 Å². The number of amides is 1. The third-order valence-corrected chi connectivity index (χ3v) is 3.39. The van der Waals surface area contributed by atoms with Crippen LogP contribution in [0, 0.1) is 5.82 Å². The molecule has 0 unspecified atom stereocenters. The Kier molecular flexibility index (Phi) is 5.68. The Morgan fingerprint density at radius 3 is 2.46 bits per heavy atom. The minimum Gasteiger partial charge on any atom is -0.484 e. The number of hydrogen-bond acceptors (Lipinski definition) is 3. The molecule has 0 saturated heterocycles. The topological polar surface area (TPSA) is 50.7 Å². The number of hydrogen-bond donors (Lipinski definition) is 1. The second kappa shape index (κ2) is 7.73. The van der Waals surface area contributed by atoms with Crippen LogP contribution in [0.15, 0.2) is 53.6 Å². The number of ether oxygens (including phenoxy) is 1. The molecular weight excluding hydrogens is 307 g/mol. The largest absolute Gasteiger partial charge is 0.484 e. The average molecular weight is 328 g/mol. The lowest BCUT2D eigenvalue weighted by molar-refractivity contribution is -0.123. The third kappa shape index (κ3) is 5.19. The van der Waals surface area contributed by atoms with Crippen LogP contribution in [0.25, 0.3) is 0 Å². The van der Waals surface area contributed by atoms with Gasteiger partial charge in [0.2, 0.25) is 0 Å². The SMILES string of the molecule is CC(C)(C)c1ccc(OCC(=O)N/N=C\c2ccccc2F)cc1. The fourth-order valence-corrected chi connectivity index (χ4v) is 1.99. The van der Waals surface area contributed by atoms with Gasteiger partial charge in [-0.25, -0.2) is 9.82 Å². The van der Waals surface area contributed by atoms with Crippen LogP contribution in [0.3, 0.4) is 0 Å². The molecule has 2 rings (SSSR count). The van der Waals surface area contributed by atoms with Gasteiger partial charge in [-0.05, 0) is 29.2 Å². The lowest BCUT2D eigenvalue weighted by Gasteiger charge is -2.19. The highest BCUT2D eigenvalue weighted by molar-refractivity contribution is 5.83. The summed E-state index contributed by atoms with van der Waals surface area (Å²) >= 11 is 0. The Morgan fingerprint density at radius 2 is 1.83 bits per heavy atom. The molecule has 2 aromatic rings. The van der Waals surface area contributed by atoms with E-state index in [0.717, 1.165) is 0 Å². The van der Waals surface area contributed by atoms with Crippen LogP contribution < -0.4 is 10.2 Å². The summed E-state index contributed by atoms with van der Waals surface area (Å²) in [6.07, 6.45) is 1.26. The summed E-state index contributed by atoms with van der Waals surface area (Å²) in [5, 5.41) is 3.72. The second-order valence-electron chi connectivity index (χ2n) is 6.38. The molecule has 0 fully saturated rings. The number of rotatable bonds is 5. The van der Waals surface area contributed by atoms with Crippen molar-refractivity contribution in [3.8, 4) is 5.75 Å². The Bertz CT molecular complexity index is 719. The molecular formula is C19H21FN2O2. The van der Waals surface area contributed by atoms with Gasteiger partial charge in [-0.15, -0.1) is 0 Å². The second-order valence-corrected chi connectivity index (χ2v) is 6.38. The highest BCUT2D eigenvalue weighted by atomic mass is 19.1. The first-order valence-electron chi connectivity index (χ1n) is 7.66. The maximum Gasteiger partial charge on any atom is 0.277 e. The lowest BCUT2D eigenvalue weighted by Crippen LogP contribution is -2.24. The molecule has 5 heteroatoms. The summed E-state index contributed by atoms with van der Waals surface area (Å²) in [5.74, 6) is -0.204. The smallest absolute Gasteiger partial charge is 0.277 e. The van der Waals surface area contributed by atoms with Crippen molar-refractivity contribution in [3.05, 3.63) is 65.5 Å². The summed E-state index contributed by atoms with van der Waals surface area (Å²) in [6, 6.07) is 13.8. The minimum absolute atomic E-state index is 0.0668. The fraction of sp³-hybridized carbons (Fsp3) is 0.263. The molecule has 0 aliphatic heterocycles. The van der Waals surface area contributed by atoms with Crippen molar-refractivity contribution in [2.75, 3.05) is 6.61 Å². The molecule has 0 bridgehead atoms. The zero-order valence-electron chi connectivity index (χ0n) is 14.0. The quantitative estimate of drug-likeness (QED) is 0.673. The van der Waals surface area contributed by atoms with Crippen LogP contribution >= 0.6 is 0 Å². The van der Waals surface area contributed by atoms with Gasteiger partial charge in [-0.2, -0.15) is 5.10 Å².